The van der Waals surface area contributed by atoms with Crippen LogP contribution < -0.4 is 0 Å². The molecule has 1 atom stereocenters. The zero-order chi connectivity index (χ0) is 16.8. The van der Waals surface area contributed by atoms with E-state index >= 15 is 0 Å². The Balaban J connectivity index is 2.14. The van der Waals surface area contributed by atoms with Crippen molar-refractivity contribution in [3.8, 4) is 5.75 Å². The lowest BCUT2D eigenvalue weighted by Gasteiger charge is -2.25. The van der Waals surface area contributed by atoms with E-state index in [1.807, 2.05) is 26.0 Å². The SMILES string of the molecule is CCOCc1ccc(CC(c2ccc(C)c(O)c2)N(C)C)cc1. The molecule has 0 bridgehead atoms. The summed E-state index contributed by atoms with van der Waals surface area (Å²) in [5.74, 6) is 0.362. The molecule has 0 fully saturated rings. The molecule has 2 rings (SSSR count). The molecule has 0 aliphatic heterocycles. The van der Waals surface area contributed by atoms with Gasteiger partial charge in [0.25, 0.3) is 0 Å². The highest BCUT2D eigenvalue weighted by Crippen LogP contribution is 2.27. The quantitative estimate of drug-likeness (QED) is 0.836. The number of rotatable bonds is 7. The van der Waals surface area contributed by atoms with Crippen LogP contribution in [0.4, 0.5) is 0 Å². The number of aromatic hydroxyl groups is 1. The average Bonchev–Trinajstić information content (AvgIpc) is 2.54. The molecule has 0 spiro atoms. The van der Waals surface area contributed by atoms with Crippen molar-refractivity contribution in [1.29, 1.82) is 0 Å². The fourth-order valence-corrected chi connectivity index (χ4v) is 2.65. The third-order valence-electron chi connectivity index (χ3n) is 4.17. The predicted molar refractivity (Wildman–Crippen MR) is 94.7 cm³/mol. The number of nitrogens with zero attached hydrogens (tertiary/aromatic N) is 1. The van der Waals surface area contributed by atoms with Crippen LogP contribution in [0.1, 0.15) is 35.2 Å². The predicted octanol–water partition coefficient (Wildman–Crippen LogP) is 4.08. The molecule has 124 valence electrons. The normalized spacial score (nSPS) is 12.6. The minimum atomic E-state index is 0.235. The van der Waals surface area contributed by atoms with Crippen LogP contribution in [0, 0.1) is 6.92 Å². The minimum Gasteiger partial charge on any atom is -0.508 e. The van der Waals surface area contributed by atoms with E-state index in [1.165, 1.54) is 11.1 Å². The second kappa shape index (κ2) is 8.14. The van der Waals surface area contributed by atoms with Gasteiger partial charge < -0.3 is 14.7 Å². The topological polar surface area (TPSA) is 32.7 Å². The van der Waals surface area contributed by atoms with Gasteiger partial charge in [0.05, 0.1) is 6.61 Å². The van der Waals surface area contributed by atoms with E-state index in [4.69, 9.17) is 4.74 Å². The number of likely N-dealkylation sites (N-methyl/N-ethyl adjacent to an activating group) is 1. The molecule has 2 aromatic rings. The number of phenolic OH excluding ortho intramolecular Hbond substituents is 1. The number of aryl methyl sites for hydroxylation is 1. The Morgan fingerprint density at radius 3 is 2.26 bits per heavy atom. The maximum atomic E-state index is 9.98. The fraction of sp³-hybridized carbons (Fsp3) is 0.400. The first kappa shape index (κ1) is 17.5. The van der Waals surface area contributed by atoms with E-state index < -0.39 is 0 Å². The van der Waals surface area contributed by atoms with Crippen molar-refractivity contribution in [2.75, 3.05) is 20.7 Å². The molecular weight excluding hydrogens is 286 g/mol. The maximum Gasteiger partial charge on any atom is 0.118 e. The van der Waals surface area contributed by atoms with Gasteiger partial charge in [-0.1, -0.05) is 36.4 Å². The molecule has 0 radical (unpaired) electrons. The van der Waals surface area contributed by atoms with E-state index in [0.29, 0.717) is 12.4 Å². The van der Waals surface area contributed by atoms with Crippen molar-refractivity contribution in [2.24, 2.45) is 0 Å². The monoisotopic (exact) mass is 313 g/mol. The molecule has 1 N–H and O–H groups in total. The Morgan fingerprint density at radius 2 is 1.70 bits per heavy atom. The Hall–Kier alpha value is -1.84. The summed E-state index contributed by atoms with van der Waals surface area (Å²) in [5.41, 5.74) is 4.53. The molecule has 3 heteroatoms. The molecule has 3 nitrogen and oxygen atoms in total. The van der Waals surface area contributed by atoms with Gasteiger partial charge in [-0.3, -0.25) is 0 Å². The molecule has 0 amide bonds. The van der Waals surface area contributed by atoms with Crippen LogP contribution in [-0.4, -0.2) is 30.7 Å². The molecule has 0 aliphatic rings. The first-order valence-electron chi connectivity index (χ1n) is 8.12. The van der Waals surface area contributed by atoms with Crippen molar-refractivity contribution in [3.63, 3.8) is 0 Å². The Morgan fingerprint density at radius 1 is 1.04 bits per heavy atom. The van der Waals surface area contributed by atoms with E-state index in [9.17, 15) is 5.11 Å². The lowest BCUT2D eigenvalue weighted by molar-refractivity contribution is 0.134. The highest BCUT2D eigenvalue weighted by atomic mass is 16.5. The lowest BCUT2D eigenvalue weighted by atomic mass is 9.96. The lowest BCUT2D eigenvalue weighted by Crippen LogP contribution is -2.22. The zero-order valence-corrected chi connectivity index (χ0v) is 14.5. The molecular formula is C20H27NO2. The number of hydrogen-bond donors (Lipinski definition) is 1. The second-order valence-electron chi connectivity index (χ2n) is 6.18. The third-order valence-corrected chi connectivity index (χ3v) is 4.17. The van der Waals surface area contributed by atoms with Crippen molar-refractivity contribution < 1.29 is 9.84 Å². The van der Waals surface area contributed by atoms with Crippen LogP contribution in [0.5, 0.6) is 5.75 Å². The number of phenols is 1. The molecule has 23 heavy (non-hydrogen) atoms. The summed E-state index contributed by atoms with van der Waals surface area (Å²) >= 11 is 0. The highest BCUT2D eigenvalue weighted by Gasteiger charge is 2.16. The first-order chi connectivity index (χ1) is 11.0. The largest absolute Gasteiger partial charge is 0.508 e. The van der Waals surface area contributed by atoms with Gasteiger partial charge in [0.15, 0.2) is 0 Å². The van der Waals surface area contributed by atoms with Crippen LogP contribution in [0.2, 0.25) is 0 Å². The van der Waals surface area contributed by atoms with E-state index in [1.54, 1.807) is 0 Å². The van der Waals surface area contributed by atoms with Crippen LogP contribution in [0.3, 0.4) is 0 Å². The van der Waals surface area contributed by atoms with Crippen molar-refractivity contribution in [3.05, 3.63) is 64.7 Å². The molecule has 0 saturated heterocycles. The van der Waals surface area contributed by atoms with Crippen LogP contribution in [-0.2, 0) is 17.8 Å². The molecule has 1 unspecified atom stereocenters. The summed E-state index contributed by atoms with van der Waals surface area (Å²) in [6.45, 7) is 5.33. The van der Waals surface area contributed by atoms with Crippen molar-refractivity contribution >= 4 is 0 Å². The Bertz CT molecular complexity index is 620. The first-order valence-corrected chi connectivity index (χ1v) is 8.12. The highest BCUT2D eigenvalue weighted by molar-refractivity contribution is 5.37. The summed E-state index contributed by atoms with van der Waals surface area (Å²) in [7, 11) is 4.15. The number of hydrogen-bond acceptors (Lipinski definition) is 3. The van der Waals surface area contributed by atoms with Gasteiger partial charge in [-0.25, -0.2) is 0 Å². The summed E-state index contributed by atoms with van der Waals surface area (Å²) in [5, 5.41) is 9.98. The maximum absolute atomic E-state index is 9.98. The number of benzene rings is 2. The molecule has 0 heterocycles. The van der Waals surface area contributed by atoms with Gasteiger partial charge in [-0.2, -0.15) is 0 Å². The van der Waals surface area contributed by atoms with Gasteiger partial charge in [0.1, 0.15) is 5.75 Å². The van der Waals surface area contributed by atoms with Crippen molar-refractivity contribution in [2.45, 2.75) is 32.9 Å². The van der Waals surface area contributed by atoms with Crippen LogP contribution in [0.25, 0.3) is 0 Å². The smallest absolute Gasteiger partial charge is 0.118 e. The summed E-state index contributed by atoms with van der Waals surface area (Å²) in [4.78, 5) is 2.19. The molecule has 0 aliphatic carbocycles. The van der Waals surface area contributed by atoms with Gasteiger partial charge in [0, 0.05) is 12.6 Å². The van der Waals surface area contributed by atoms with E-state index in [-0.39, 0.29) is 6.04 Å². The summed E-state index contributed by atoms with van der Waals surface area (Å²) < 4.78 is 5.44. The van der Waals surface area contributed by atoms with Crippen LogP contribution >= 0.6 is 0 Å². The summed E-state index contributed by atoms with van der Waals surface area (Å²) in [6, 6.07) is 14.8. The standard InChI is InChI=1S/C20H27NO2/c1-5-23-14-17-9-7-16(8-10-17)12-19(21(3)4)18-11-6-15(2)20(22)13-18/h6-11,13,19,22H,5,12,14H2,1-4H3. The zero-order valence-electron chi connectivity index (χ0n) is 14.5. The van der Waals surface area contributed by atoms with Gasteiger partial charge in [-0.15, -0.1) is 0 Å². The van der Waals surface area contributed by atoms with E-state index in [0.717, 1.165) is 24.2 Å². The molecule has 2 aromatic carbocycles. The van der Waals surface area contributed by atoms with E-state index in [2.05, 4.69) is 49.3 Å². The van der Waals surface area contributed by atoms with Crippen LogP contribution in [0.15, 0.2) is 42.5 Å². The fourth-order valence-electron chi connectivity index (χ4n) is 2.65. The summed E-state index contributed by atoms with van der Waals surface area (Å²) in [6.07, 6.45) is 0.907. The second-order valence-corrected chi connectivity index (χ2v) is 6.18. The molecule has 0 aromatic heterocycles. The van der Waals surface area contributed by atoms with Gasteiger partial charge >= 0.3 is 0 Å². The Kier molecular flexibility index (Phi) is 6.20. The van der Waals surface area contributed by atoms with Gasteiger partial charge in [0.2, 0.25) is 0 Å². The Labute approximate surface area is 139 Å². The average molecular weight is 313 g/mol. The third kappa shape index (κ3) is 4.81. The number of ether oxygens (including phenoxy) is 1. The van der Waals surface area contributed by atoms with Gasteiger partial charge in [-0.05, 0) is 62.7 Å². The minimum absolute atomic E-state index is 0.235. The molecule has 0 saturated carbocycles. The van der Waals surface area contributed by atoms with Crippen molar-refractivity contribution in [1.82, 2.24) is 4.90 Å².